The van der Waals surface area contributed by atoms with E-state index in [0.29, 0.717) is 5.56 Å². The van der Waals surface area contributed by atoms with Crippen molar-refractivity contribution in [1.82, 2.24) is 9.97 Å². The van der Waals surface area contributed by atoms with Crippen LogP contribution < -0.4 is 11.2 Å². The van der Waals surface area contributed by atoms with Gasteiger partial charge in [0.2, 0.25) is 0 Å². The smallest absolute Gasteiger partial charge is 0.325 e. The summed E-state index contributed by atoms with van der Waals surface area (Å²) in [5.41, 5.74) is -0.293. The molecule has 0 aromatic carbocycles. The molecule has 6 nitrogen and oxygen atoms in total. The first-order chi connectivity index (χ1) is 4.20. The number of rotatable bonds is 0. The molecule has 0 aliphatic heterocycles. The van der Waals surface area contributed by atoms with Gasteiger partial charge in [0.15, 0.2) is 0 Å². The fourth-order valence-electron chi connectivity index (χ4n) is 0.477. The summed E-state index contributed by atoms with van der Waals surface area (Å²) in [6.07, 6.45) is 1.38. The first-order valence-electron chi connectivity index (χ1n) is 2.49. The standard InChI is InChI=1S/C5H6N2O2.2H2O/c1-3-2-6-5(9)7-4(3)8;;/h2H,1H3,(H2,6,7,8,9);2*1H2. The van der Waals surface area contributed by atoms with Gasteiger partial charge < -0.3 is 15.9 Å². The van der Waals surface area contributed by atoms with E-state index < -0.39 is 5.69 Å². The molecule has 0 saturated heterocycles. The van der Waals surface area contributed by atoms with Gasteiger partial charge in [-0.15, -0.1) is 0 Å². The van der Waals surface area contributed by atoms with Gasteiger partial charge >= 0.3 is 5.69 Å². The van der Waals surface area contributed by atoms with E-state index in [1.807, 2.05) is 0 Å². The quantitative estimate of drug-likeness (QED) is 0.445. The van der Waals surface area contributed by atoms with Gasteiger partial charge in [-0.2, -0.15) is 0 Å². The molecule has 0 fully saturated rings. The van der Waals surface area contributed by atoms with E-state index in [0.717, 1.165) is 0 Å². The Bertz CT molecular complexity index is 313. The number of hydrogen-bond acceptors (Lipinski definition) is 2. The van der Waals surface area contributed by atoms with E-state index in [1.54, 1.807) is 6.92 Å². The van der Waals surface area contributed by atoms with E-state index in [4.69, 9.17) is 0 Å². The maximum Gasteiger partial charge on any atom is 0.325 e. The molecule has 0 unspecified atom stereocenters. The first-order valence-corrected chi connectivity index (χ1v) is 2.49. The second-order valence-electron chi connectivity index (χ2n) is 1.75. The van der Waals surface area contributed by atoms with Gasteiger partial charge in [-0.1, -0.05) is 0 Å². The van der Waals surface area contributed by atoms with Crippen LogP contribution in [0, 0.1) is 6.92 Å². The Kier molecular flexibility index (Phi) is 4.94. The highest BCUT2D eigenvalue weighted by molar-refractivity contribution is 4.98. The number of hydrogen-bond donors (Lipinski definition) is 2. The zero-order valence-electron chi connectivity index (χ0n) is 5.89. The summed E-state index contributed by atoms with van der Waals surface area (Å²) < 4.78 is 0. The molecule has 0 saturated carbocycles. The van der Waals surface area contributed by atoms with Gasteiger partial charge in [-0.25, -0.2) is 4.79 Å². The molecule has 0 bridgehead atoms. The third-order valence-electron chi connectivity index (χ3n) is 1.00. The van der Waals surface area contributed by atoms with E-state index >= 15 is 0 Å². The van der Waals surface area contributed by atoms with E-state index in [-0.39, 0.29) is 16.5 Å². The molecule has 64 valence electrons. The van der Waals surface area contributed by atoms with Gasteiger partial charge in [0.25, 0.3) is 5.56 Å². The maximum absolute atomic E-state index is 10.6. The fourth-order valence-corrected chi connectivity index (χ4v) is 0.477. The molecule has 0 aliphatic rings. The minimum atomic E-state index is -0.467. The summed E-state index contributed by atoms with van der Waals surface area (Å²) in [7, 11) is 0. The molecule has 0 radical (unpaired) electrons. The predicted molar refractivity (Wildman–Crippen MR) is 39.6 cm³/mol. The Morgan fingerprint density at radius 3 is 2.18 bits per heavy atom. The third-order valence-corrected chi connectivity index (χ3v) is 1.00. The molecule has 0 spiro atoms. The molecule has 1 aromatic rings. The van der Waals surface area contributed by atoms with Gasteiger partial charge in [-0.05, 0) is 6.92 Å². The first kappa shape index (κ1) is 12.3. The molecule has 1 heterocycles. The van der Waals surface area contributed by atoms with Gasteiger partial charge in [0.05, 0.1) is 0 Å². The summed E-state index contributed by atoms with van der Waals surface area (Å²) in [5.74, 6) is 0. The van der Waals surface area contributed by atoms with Crippen LogP contribution in [-0.2, 0) is 0 Å². The van der Waals surface area contributed by atoms with Crippen molar-refractivity contribution < 1.29 is 11.0 Å². The zero-order chi connectivity index (χ0) is 6.85. The molecule has 6 heteroatoms. The lowest BCUT2D eigenvalue weighted by atomic mass is 10.4. The van der Waals surface area contributed by atoms with Crippen LogP contribution in [0.15, 0.2) is 15.8 Å². The minimum absolute atomic E-state index is 0. The van der Waals surface area contributed by atoms with E-state index in [2.05, 4.69) is 9.97 Å². The van der Waals surface area contributed by atoms with E-state index in [9.17, 15) is 9.59 Å². The molecular formula is C5H10N2O4. The minimum Gasteiger partial charge on any atom is -0.412 e. The van der Waals surface area contributed by atoms with Crippen molar-refractivity contribution in [1.29, 1.82) is 0 Å². The third kappa shape index (κ3) is 2.78. The summed E-state index contributed by atoms with van der Waals surface area (Å²) in [4.78, 5) is 25.3. The van der Waals surface area contributed by atoms with Crippen LogP contribution in [0.3, 0.4) is 0 Å². The SMILES string of the molecule is Cc1c[nH]c(=O)[nH]c1=O.O.O. The largest absolute Gasteiger partial charge is 0.412 e. The lowest BCUT2D eigenvalue weighted by Crippen LogP contribution is -2.22. The lowest BCUT2D eigenvalue weighted by molar-refractivity contribution is 0.823. The summed E-state index contributed by atoms with van der Waals surface area (Å²) in [5, 5.41) is 0. The fraction of sp³-hybridized carbons (Fsp3) is 0.200. The van der Waals surface area contributed by atoms with Crippen LogP contribution in [-0.4, -0.2) is 20.9 Å². The molecular weight excluding hydrogens is 152 g/mol. The van der Waals surface area contributed by atoms with Crippen LogP contribution >= 0.6 is 0 Å². The molecule has 0 amide bonds. The Hall–Kier alpha value is -1.40. The monoisotopic (exact) mass is 162 g/mol. The van der Waals surface area contributed by atoms with Crippen LogP contribution in [0.1, 0.15) is 5.56 Å². The lowest BCUT2D eigenvalue weighted by Gasteiger charge is -1.84. The number of nitrogens with one attached hydrogen (secondary N) is 2. The maximum atomic E-state index is 10.6. The van der Waals surface area contributed by atoms with Crippen LogP contribution in [0.25, 0.3) is 0 Å². The highest BCUT2D eigenvalue weighted by Crippen LogP contribution is 1.73. The van der Waals surface area contributed by atoms with Gasteiger partial charge in [0.1, 0.15) is 0 Å². The van der Waals surface area contributed by atoms with Crippen molar-refractivity contribution in [3.63, 3.8) is 0 Å². The average molecular weight is 162 g/mol. The van der Waals surface area contributed by atoms with Crippen molar-refractivity contribution in [3.05, 3.63) is 32.6 Å². The second-order valence-corrected chi connectivity index (χ2v) is 1.75. The average Bonchev–Trinajstić information content (AvgIpc) is 1.80. The number of aryl methyl sites for hydroxylation is 1. The van der Waals surface area contributed by atoms with Crippen molar-refractivity contribution in [2.24, 2.45) is 0 Å². The second kappa shape index (κ2) is 4.42. The van der Waals surface area contributed by atoms with Crippen LogP contribution in [0.5, 0.6) is 0 Å². The summed E-state index contributed by atoms with van der Waals surface area (Å²) >= 11 is 0. The van der Waals surface area contributed by atoms with E-state index in [1.165, 1.54) is 6.20 Å². The van der Waals surface area contributed by atoms with Crippen LogP contribution in [0.4, 0.5) is 0 Å². The van der Waals surface area contributed by atoms with Crippen molar-refractivity contribution in [2.75, 3.05) is 0 Å². The molecule has 1 rings (SSSR count). The van der Waals surface area contributed by atoms with Crippen molar-refractivity contribution in [3.8, 4) is 0 Å². The van der Waals surface area contributed by atoms with Crippen molar-refractivity contribution >= 4 is 0 Å². The van der Waals surface area contributed by atoms with Crippen molar-refractivity contribution in [2.45, 2.75) is 6.92 Å². The van der Waals surface area contributed by atoms with Crippen LogP contribution in [0.2, 0.25) is 0 Å². The zero-order valence-corrected chi connectivity index (χ0v) is 5.89. The molecule has 1 aromatic heterocycles. The highest BCUT2D eigenvalue weighted by atomic mass is 16.2. The normalized spacial score (nSPS) is 7.73. The number of H-pyrrole nitrogens is 2. The summed E-state index contributed by atoms with van der Waals surface area (Å²) in [6.45, 7) is 1.62. The Balaban J connectivity index is 0. The highest BCUT2D eigenvalue weighted by Gasteiger charge is 1.88. The van der Waals surface area contributed by atoms with Gasteiger partial charge in [-0.3, -0.25) is 9.78 Å². The Morgan fingerprint density at radius 2 is 1.82 bits per heavy atom. The molecule has 0 atom stereocenters. The van der Waals surface area contributed by atoms with Gasteiger partial charge in [0, 0.05) is 11.8 Å². The molecule has 6 N–H and O–H groups in total. The molecule has 11 heavy (non-hydrogen) atoms. The Morgan fingerprint density at radius 1 is 1.27 bits per heavy atom. The summed E-state index contributed by atoms with van der Waals surface area (Å²) in [6, 6.07) is 0. The predicted octanol–water partition coefficient (Wildman–Crippen LogP) is -2.28. The number of aromatic amines is 2. The molecule has 0 aliphatic carbocycles. The number of aromatic nitrogens is 2. The Labute approximate surface area is 61.5 Å². The topological polar surface area (TPSA) is 129 Å².